The Morgan fingerprint density at radius 2 is 1.14 bits per heavy atom. The molecule has 0 spiro atoms. The lowest BCUT2D eigenvalue weighted by molar-refractivity contribution is -0.127. The van der Waals surface area contributed by atoms with Crippen LogP contribution in [-0.4, -0.2) is 17.5 Å². The van der Waals surface area contributed by atoms with Crippen LogP contribution in [0.1, 0.15) is 47.9 Å². The van der Waals surface area contributed by atoms with Gasteiger partial charge in [-0.15, -0.1) is 0 Å². The number of amides is 3. The first-order chi connectivity index (χ1) is 17.1. The van der Waals surface area contributed by atoms with Crippen LogP contribution in [0, 0.1) is 0 Å². The van der Waals surface area contributed by atoms with Crippen LogP contribution in [0.2, 0.25) is 0 Å². The summed E-state index contributed by atoms with van der Waals surface area (Å²) in [4.78, 5) is 25.7. The van der Waals surface area contributed by atoms with E-state index in [0.717, 1.165) is 35.1 Å². The van der Waals surface area contributed by atoms with Crippen molar-refractivity contribution in [3.05, 3.63) is 107 Å². The average Bonchev–Trinajstić information content (AvgIpc) is 3.38. The highest BCUT2D eigenvalue weighted by Gasteiger charge is 2.42. The summed E-state index contributed by atoms with van der Waals surface area (Å²) < 4.78 is 5.79. The van der Waals surface area contributed by atoms with Crippen LogP contribution in [0.5, 0.6) is 0 Å². The van der Waals surface area contributed by atoms with Gasteiger partial charge in [0.1, 0.15) is 5.54 Å². The molecule has 1 aliphatic rings. The zero-order valence-electron chi connectivity index (χ0n) is 20.0. The van der Waals surface area contributed by atoms with E-state index in [0.29, 0.717) is 39.1 Å². The minimum atomic E-state index is -0.855. The summed E-state index contributed by atoms with van der Waals surface area (Å²) in [6.07, 6.45) is 3.14. The second kappa shape index (κ2) is 12.2. The molecule has 1 saturated carbocycles. The van der Waals surface area contributed by atoms with Crippen LogP contribution >= 0.6 is 0 Å². The van der Waals surface area contributed by atoms with Gasteiger partial charge in [0.2, 0.25) is 5.91 Å². The number of hydrogen-bond acceptors (Lipinski definition) is 3. The van der Waals surface area contributed by atoms with Gasteiger partial charge in [-0.05, 0) is 35.1 Å². The van der Waals surface area contributed by atoms with Crippen molar-refractivity contribution in [3.63, 3.8) is 0 Å². The van der Waals surface area contributed by atoms with E-state index in [1.54, 1.807) is 0 Å². The van der Waals surface area contributed by atoms with Crippen molar-refractivity contribution in [1.29, 1.82) is 0 Å². The molecule has 6 nitrogen and oxygen atoms in total. The summed E-state index contributed by atoms with van der Waals surface area (Å²) in [6.45, 7) is 1.95. The Morgan fingerprint density at radius 3 is 1.77 bits per heavy atom. The van der Waals surface area contributed by atoms with Crippen LogP contribution < -0.4 is 16.0 Å². The van der Waals surface area contributed by atoms with E-state index in [1.807, 2.05) is 84.9 Å². The number of benzene rings is 3. The average molecular weight is 472 g/mol. The highest BCUT2D eigenvalue weighted by Crippen LogP contribution is 2.30. The molecule has 0 bridgehead atoms. The number of urea groups is 1. The topological polar surface area (TPSA) is 79.5 Å². The monoisotopic (exact) mass is 471 g/mol. The third kappa shape index (κ3) is 7.17. The van der Waals surface area contributed by atoms with Gasteiger partial charge in [0, 0.05) is 13.1 Å². The zero-order valence-corrected chi connectivity index (χ0v) is 20.0. The van der Waals surface area contributed by atoms with Crippen LogP contribution in [-0.2, 0) is 35.8 Å². The van der Waals surface area contributed by atoms with E-state index in [1.165, 1.54) is 0 Å². The lowest BCUT2D eigenvalue weighted by atomic mass is 9.96. The molecule has 1 aliphatic carbocycles. The van der Waals surface area contributed by atoms with E-state index >= 15 is 0 Å². The van der Waals surface area contributed by atoms with E-state index in [-0.39, 0.29) is 11.9 Å². The van der Waals surface area contributed by atoms with Crippen molar-refractivity contribution >= 4 is 11.9 Å². The number of ether oxygens (including phenoxy) is 1. The number of carbonyl (C=O) groups is 2. The molecule has 35 heavy (non-hydrogen) atoms. The van der Waals surface area contributed by atoms with Gasteiger partial charge in [0.25, 0.3) is 0 Å². The number of carbonyl (C=O) groups excluding carboxylic acids is 2. The molecular weight excluding hydrogens is 438 g/mol. The fraction of sp³-hybridized carbons (Fsp3) is 0.310. The molecule has 6 heteroatoms. The van der Waals surface area contributed by atoms with Crippen LogP contribution in [0.3, 0.4) is 0 Å². The van der Waals surface area contributed by atoms with Gasteiger partial charge < -0.3 is 20.7 Å². The smallest absolute Gasteiger partial charge is 0.315 e. The molecule has 3 N–H and O–H groups in total. The third-order valence-corrected chi connectivity index (χ3v) is 6.40. The molecule has 1 fully saturated rings. The molecule has 3 aromatic carbocycles. The Balaban J connectivity index is 1.24. The maximum absolute atomic E-state index is 13.1. The number of nitrogens with one attached hydrogen (secondary N) is 3. The van der Waals surface area contributed by atoms with Crippen molar-refractivity contribution in [2.45, 2.75) is 57.5 Å². The second-order valence-corrected chi connectivity index (χ2v) is 9.06. The quantitative estimate of drug-likeness (QED) is 0.396. The molecule has 0 atom stereocenters. The summed E-state index contributed by atoms with van der Waals surface area (Å²) >= 11 is 0. The van der Waals surface area contributed by atoms with E-state index in [2.05, 4.69) is 16.0 Å². The molecule has 182 valence electrons. The van der Waals surface area contributed by atoms with Crippen molar-refractivity contribution in [2.75, 3.05) is 0 Å². The highest BCUT2D eigenvalue weighted by atomic mass is 16.5. The van der Waals surface area contributed by atoms with Crippen molar-refractivity contribution in [3.8, 4) is 0 Å². The minimum Gasteiger partial charge on any atom is -0.372 e. The first-order valence-electron chi connectivity index (χ1n) is 12.2. The Hall–Kier alpha value is -3.64. The summed E-state index contributed by atoms with van der Waals surface area (Å²) in [5, 5.41) is 8.87. The molecule has 0 unspecified atom stereocenters. The molecule has 0 aliphatic heterocycles. The Bertz CT molecular complexity index is 1080. The molecule has 3 aromatic rings. The standard InChI is InChI=1S/C29H33N3O3/c33-27(29(17-7-8-18-29)32-28(34)31-20-23-9-3-1-4-10-23)30-19-24-13-15-26(16-14-24)22-35-21-25-11-5-2-6-12-25/h1-6,9-16H,7-8,17-22H2,(H,30,33)(H2,31,32,34). The van der Waals surface area contributed by atoms with Gasteiger partial charge >= 0.3 is 6.03 Å². The van der Waals surface area contributed by atoms with E-state index < -0.39 is 5.54 Å². The van der Waals surface area contributed by atoms with Crippen molar-refractivity contribution in [1.82, 2.24) is 16.0 Å². The maximum atomic E-state index is 13.1. The van der Waals surface area contributed by atoms with Gasteiger partial charge in [0.05, 0.1) is 13.2 Å². The predicted octanol–water partition coefficient (Wildman–Crippen LogP) is 4.83. The third-order valence-electron chi connectivity index (χ3n) is 6.40. The number of rotatable bonds is 10. The lowest BCUT2D eigenvalue weighted by Crippen LogP contribution is -2.59. The fourth-order valence-corrected chi connectivity index (χ4v) is 4.39. The second-order valence-electron chi connectivity index (χ2n) is 9.06. The van der Waals surface area contributed by atoms with Crippen molar-refractivity contribution < 1.29 is 14.3 Å². The SMILES string of the molecule is O=C(NCc1ccccc1)NC1(C(=O)NCc2ccc(COCc3ccccc3)cc2)CCCC1. The molecular formula is C29H33N3O3. The highest BCUT2D eigenvalue weighted by molar-refractivity contribution is 5.91. The molecule has 0 heterocycles. The Morgan fingerprint density at radius 1 is 0.657 bits per heavy atom. The molecule has 3 amide bonds. The van der Waals surface area contributed by atoms with Crippen molar-refractivity contribution in [2.24, 2.45) is 0 Å². The minimum absolute atomic E-state index is 0.125. The predicted molar refractivity (Wildman–Crippen MR) is 136 cm³/mol. The first kappa shape index (κ1) is 24.5. The largest absolute Gasteiger partial charge is 0.372 e. The fourth-order valence-electron chi connectivity index (χ4n) is 4.39. The van der Waals surface area contributed by atoms with Gasteiger partial charge in [0.15, 0.2) is 0 Å². The molecule has 4 rings (SSSR count). The first-order valence-corrected chi connectivity index (χ1v) is 12.2. The van der Waals surface area contributed by atoms with Gasteiger partial charge in [-0.1, -0.05) is 97.8 Å². The molecule has 0 aromatic heterocycles. The van der Waals surface area contributed by atoms with E-state index in [9.17, 15) is 9.59 Å². The normalized spacial score (nSPS) is 14.3. The Kier molecular flexibility index (Phi) is 8.52. The summed E-state index contributed by atoms with van der Waals surface area (Å²) in [5.41, 5.74) is 3.40. The maximum Gasteiger partial charge on any atom is 0.315 e. The van der Waals surface area contributed by atoms with E-state index in [4.69, 9.17) is 4.74 Å². The summed E-state index contributed by atoms with van der Waals surface area (Å²) in [6, 6.07) is 27.6. The molecule has 0 radical (unpaired) electrons. The Labute approximate surface area is 207 Å². The summed E-state index contributed by atoms with van der Waals surface area (Å²) in [5.74, 6) is -0.125. The summed E-state index contributed by atoms with van der Waals surface area (Å²) in [7, 11) is 0. The molecule has 0 saturated heterocycles. The van der Waals surface area contributed by atoms with Crippen LogP contribution in [0.4, 0.5) is 4.79 Å². The zero-order chi connectivity index (χ0) is 24.3. The van der Waals surface area contributed by atoms with Crippen LogP contribution in [0.15, 0.2) is 84.9 Å². The lowest BCUT2D eigenvalue weighted by Gasteiger charge is -2.29. The van der Waals surface area contributed by atoms with Gasteiger partial charge in [-0.25, -0.2) is 4.79 Å². The number of hydrogen-bond donors (Lipinski definition) is 3. The van der Waals surface area contributed by atoms with Crippen LogP contribution in [0.25, 0.3) is 0 Å². The van der Waals surface area contributed by atoms with Gasteiger partial charge in [-0.3, -0.25) is 4.79 Å². The van der Waals surface area contributed by atoms with Gasteiger partial charge in [-0.2, -0.15) is 0 Å².